The van der Waals surface area contributed by atoms with Gasteiger partial charge in [0.1, 0.15) is 16.8 Å². The molecule has 3 aromatic rings. The van der Waals surface area contributed by atoms with E-state index in [2.05, 4.69) is 10.6 Å². The van der Waals surface area contributed by atoms with Crippen molar-refractivity contribution in [1.82, 2.24) is 10.6 Å². The van der Waals surface area contributed by atoms with Gasteiger partial charge in [0.2, 0.25) is 0 Å². The van der Waals surface area contributed by atoms with Crippen LogP contribution in [0.4, 0.5) is 0 Å². The van der Waals surface area contributed by atoms with Gasteiger partial charge < -0.3 is 19.8 Å². The van der Waals surface area contributed by atoms with Crippen molar-refractivity contribution in [2.24, 2.45) is 0 Å². The molecule has 174 valence electrons. The summed E-state index contributed by atoms with van der Waals surface area (Å²) in [6.07, 6.45) is 1.86. The lowest BCUT2D eigenvalue weighted by Crippen LogP contribution is -2.42. The van der Waals surface area contributed by atoms with Crippen molar-refractivity contribution in [3.05, 3.63) is 83.3 Å². The van der Waals surface area contributed by atoms with Crippen LogP contribution in [0.25, 0.3) is 0 Å². The van der Waals surface area contributed by atoms with Gasteiger partial charge >= 0.3 is 11.8 Å². The summed E-state index contributed by atoms with van der Waals surface area (Å²) in [5.41, 5.74) is 0.962. The maximum absolute atomic E-state index is 13.1. The Morgan fingerprint density at radius 3 is 2.27 bits per heavy atom. The molecule has 0 aliphatic carbocycles. The number of halogens is 1. The number of carbonyl (C=O) groups excluding carboxylic acids is 2. The SMILES string of the molecule is COc1ccc(CCNC(=O)C(=O)NC[C@H](c2ccco2)S(=O)(=O)c2ccc(Cl)cc2)cc1. The first kappa shape index (κ1) is 24.3. The second-order valence-electron chi connectivity index (χ2n) is 7.07. The summed E-state index contributed by atoms with van der Waals surface area (Å²) in [5.74, 6) is -0.926. The molecule has 10 heteroatoms. The second kappa shape index (κ2) is 11.0. The number of amides is 2. The molecule has 0 fully saturated rings. The molecule has 2 amide bonds. The Morgan fingerprint density at radius 2 is 1.67 bits per heavy atom. The van der Waals surface area contributed by atoms with Crippen molar-refractivity contribution in [3.63, 3.8) is 0 Å². The summed E-state index contributed by atoms with van der Waals surface area (Å²) >= 11 is 5.85. The number of hydrogen-bond acceptors (Lipinski definition) is 6. The summed E-state index contributed by atoms with van der Waals surface area (Å²) in [6, 6.07) is 16.1. The average molecular weight is 491 g/mol. The third-order valence-electron chi connectivity index (χ3n) is 4.89. The van der Waals surface area contributed by atoms with Crippen molar-refractivity contribution in [1.29, 1.82) is 0 Å². The minimum Gasteiger partial charge on any atom is -0.497 e. The minimum atomic E-state index is -3.93. The quantitative estimate of drug-likeness (QED) is 0.446. The van der Waals surface area contributed by atoms with Crippen molar-refractivity contribution in [2.45, 2.75) is 16.6 Å². The first-order chi connectivity index (χ1) is 15.8. The number of nitrogens with one attached hydrogen (secondary N) is 2. The van der Waals surface area contributed by atoms with Crippen molar-refractivity contribution < 1.29 is 27.2 Å². The Kier molecular flexibility index (Phi) is 8.13. The van der Waals surface area contributed by atoms with Gasteiger partial charge in [-0.2, -0.15) is 0 Å². The minimum absolute atomic E-state index is 0.0199. The molecule has 1 aromatic heterocycles. The molecular weight excluding hydrogens is 468 g/mol. The molecule has 0 bridgehead atoms. The van der Waals surface area contributed by atoms with Gasteiger partial charge in [0.25, 0.3) is 0 Å². The van der Waals surface area contributed by atoms with E-state index in [1.54, 1.807) is 25.3 Å². The van der Waals surface area contributed by atoms with E-state index in [-0.39, 0.29) is 23.7 Å². The van der Waals surface area contributed by atoms with Gasteiger partial charge in [-0.3, -0.25) is 9.59 Å². The number of furan rings is 1. The highest BCUT2D eigenvalue weighted by atomic mass is 35.5. The lowest BCUT2D eigenvalue weighted by atomic mass is 10.1. The number of carbonyl (C=O) groups is 2. The van der Waals surface area contributed by atoms with Crippen LogP contribution in [0.2, 0.25) is 5.02 Å². The largest absolute Gasteiger partial charge is 0.497 e. The Bertz CT molecular complexity index is 1180. The predicted octanol–water partition coefficient (Wildman–Crippen LogP) is 2.93. The standard InChI is InChI=1S/C23H23ClN2O6S/c1-31-18-8-4-16(5-9-18)12-13-25-22(27)23(28)26-15-21(20-3-2-14-32-20)33(29,30)19-10-6-17(24)7-11-19/h2-11,14,21H,12-13,15H2,1H3,(H,25,27)(H,26,28)/t21-/m1/s1. The van der Waals surface area contributed by atoms with Gasteiger partial charge in [0, 0.05) is 18.1 Å². The van der Waals surface area contributed by atoms with Crippen LogP contribution >= 0.6 is 11.6 Å². The van der Waals surface area contributed by atoms with E-state index >= 15 is 0 Å². The van der Waals surface area contributed by atoms with Crippen LogP contribution in [-0.4, -0.2) is 40.4 Å². The first-order valence-electron chi connectivity index (χ1n) is 10.0. The number of hydrogen-bond donors (Lipinski definition) is 2. The number of rotatable bonds is 9. The predicted molar refractivity (Wildman–Crippen MR) is 123 cm³/mol. The first-order valence-corrected chi connectivity index (χ1v) is 12.0. The fourth-order valence-corrected chi connectivity index (χ4v) is 4.80. The molecule has 0 saturated heterocycles. The lowest BCUT2D eigenvalue weighted by molar-refractivity contribution is -0.139. The van der Waals surface area contributed by atoms with Gasteiger partial charge in [-0.25, -0.2) is 8.42 Å². The number of sulfone groups is 1. The summed E-state index contributed by atoms with van der Waals surface area (Å²) in [7, 11) is -2.36. The smallest absolute Gasteiger partial charge is 0.309 e. The van der Waals surface area contributed by atoms with Crippen LogP contribution in [-0.2, 0) is 25.8 Å². The van der Waals surface area contributed by atoms with Crippen LogP contribution < -0.4 is 15.4 Å². The molecule has 0 aliphatic heterocycles. The molecule has 1 heterocycles. The number of benzene rings is 2. The highest BCUT2D eigenvalue weighted by molar-refractivity contribution is 7.91. The van der Waals surface area contributed by atoms with Gasteiger partial charge in [-0.15, -0.1) is 0 Å². The monoisotopic (exact) mass is 490 g/mol. The molecule has 0 aliphatic rings. The summed E-state index contributed by atoms with van der Waals surface area (Å²) in [5, 5.41) is 4.09. The van der Waals surface area contributed by atoms with Gasteiger partial charge in [0.15, 0.2) is 9.84 Å². The summed E-state index contributed by atoms with van der Waals surface area (Å²) in [6.45, 7) is -0.105. The zero-order valence-corrected chi connectivity index (χ0v) is 19.4. The summed E-state index contributed by atoms with van der Waals surface area (Å²) in [4.78, 5) is 24.4. The maximum atomic E-state index is 13.1. The van der Waals surface area contributed by atoms with E-state index in [1.165, 1.54) is 36.6 Å². The van der Waals surface area contributed by atoms with E-state index in [4.69, 9.17) is 20.8 Å². The summed E-state index contributed by atoms with van der Waals surface area (Å²) < 4.78 is 36.7. The second-order valence-corrected chi connectivity index (χ2v) is 9.63. The topological polar surface area (TPSA) is 115 Å². The van der Waals surface area contributed by atoms with Gasteiger partial charge in [-0.1, -0.05) is 23.7 Å². The van der Waals surface area contributed by atoms with Crippen LogP contribution in [0.1, 0.15) is 16.6 Å². The van der Waals surface area contributed by atoms with E-state index in [0.717, 1.165) is 11.3 Å². The van der Waals surface area contributed by atoms with Gasteiger partial charge in [0.05, 0.1) is 18.3 Å². The zero-order valence-electron chi connectivity index (χ0n) is 17.8. The molecule has 0 radical (unpaired) electrons. The van der Waals surface area contributed by atoms with Crippen LogP contribution in [0, 0.1) is 0 Å². The Hall–Kier alpha value is -3.30. The Morgan fingerprint density at radius 1 is 1.00 bits per heavy atom. The molecule has 8 nitrogen and oxygen atoms in total. The fourth-order valence-electron chi connectivity index (χ4n) is 3.08. The van der Waals surface area contributed by atoms with E-state index in [1.807, 2.05) is 12.1 Å². The third kappa shape index (κ3) is 6.36. The molecule has 0 saturated carbocycles. The third-order valence-corrected chi connectivity index (χ3v) is 7.22. The van der Waals surface area contributed by atoms with E-state index in [0.29, 0.717) is 11.4 Å². The van der Waals surface area contributed by atoms with Crippen molar-refractivity contribution in [3.8, 4) is 5.75 Å². The van der Waals surface area contributed by atoms with E-state index in [9.17, 15) is 18.0 Å². The normalized spacial score (nSPS) is 12.1. The molecule has 3 rings (SSSR count). The molecule has 2 N–H and O–H groups in total. The fraction of sp³-hybridized carbons (Fsp3) is 0.217. The highest BCUT2D eigenvalue weighted by Crippen LogP contribution is 2.29. The Balaban J connectivity index is 1.60. The lowest BCUT2D eigenvalue weighted by Gasteiger charge is -2.16. The molecular formula is C23H23ClN2O6S. The van der Waals surface area contributed by atoms with Crippen LogP contribution in [0.3, 0.4) is 0 Å². The highest BCUT2D eigenvalue weighted by Gasteiger charge is 2.32. The maximum Gasteiger partial charge on any atom is 0.309 e. The van der Waals surface area contributed by atoms with E-state index < -0.39 is 26.9 Å². The number of ether oxygens (including phenoxy) is 1. The molecule has 0 unspecified atom stereocenters. The molecule has 2 aromatic carbocycles. The van der Waals surface area contributed by atoms with Crippen LogP contribution in [0.5, 0.6) is 5.75 Å². The average Bonchev–Trinajstić information content (AvgIpc) is 3.34. The number of methoxy groups -OCH3 is 1. The van der Waals surface area contributed by atoms with Gasteiger partial charge in [-0.05, 0) is 60.5 Å². The molecule has 33 heavy (non-hydrogen) atoms. The zero-order chi connectivity index (χ0) is 23.8. The Labute approximate surface area is 196 Å². The van der Waals surface area contributed by atoms with Crippen molar-refractivity contribution >= 4 is 33.3 Å². The molecule has 1 atom stereocenters. The molecule has 0 spiro atoms. The van der Waals surface area contributed by atoms with Crippen molar-refractivity contribution in [2.75, 3.05) is 20.2 Å². The van der Waals surface area contributed by atoms with Crippen LogP contribution in [0.15, 0.2) is 76.2 Å².